The van der Waals surface area contributed by atoms with Crippen molar-refractivity contribution < 1.29 is 13.9 Å². The highest BCUT2D eigenvalue weighted by atomic mass is 16.5. The summed E-state index contributed by atoms with van der Waals surface area (Å²) in [5.41, 5.74) is 1.19. The van der Waals surface area contributed by atoms with Gasteiger partial charge in [0.05, 0.1) is 24.5 Å². The van der Waals surface area contributed by atoms with Gasteiger partial charge in [-0.15, -0.1) is 0 Å². The van der Waals surface area contributed by atoms with Crippen LogP contribution in [0.4, 0.5) is 0 Å². The molecule has 124 valence electrons. The van der Waals surface area contributed by atoms with Crippen LogP contribution in [-0.2, 0) is 22.6 Å². The molecule has 23 heavy (non-hydrogen) atoms. The molecule has 1 amide bonds. The molecular formula is C16H22N4O3. The Morgan fingerprint density at radius 2 is 2.43 bits per heavy atom. The van der Waals surface area contributed by atoms with Crippen molar-refractivity contribution in [2.45, 2.75) is 25.6 Å². The van der Waals surface area contributed by atoms with E-state index in [-0.39, 0.29) is 18.6 Å². The van der Waals surface area contributed by atoms with Crippen LogP contribution in [0.1, 0.15) is 23.9 Å². The molecule has 1 aliphatic heterocycles. The predicted octanol–water partition coefficient (Wildman–Crippen LogP) is 1.19. The summed E-state index contributed by atoms with van der Waals surface area (Å²) in [6.45, 7) is 3.23. The second-order valence-electron chi connectivity index (χ2n) is 5.74. The van der Waals surface area contributed by atoms with E-state index in [0.717, 1.165) is 31.8 Å². The van der Waals surface area contributed by atoms with E-state index in [1.165, 1.54) is 12.8 Å². The molecule has 0 aliphatic carbocycles. The molecule has 1 N–H and O–H groups in total. The lowest BCUT2D eigenvalue weighted by atomic mass is 10.1. The number of rotatable bonds is 7. The Kier molecular flexibility index (Phi) is 5.09. The van der Waals surface area contributed by atoms with Crippen molar-refractivity contribution in [2.24, 2.45) is 0 Å². The molecule has 0 fully saturated rings. The van der Waals surface area contributed by atoms with Gasteiger partial charge in [-0.05, 0) is 24.6 Å². The van der Waals surface area contributed by atoms with E-state index in [9.17, 15) is 4.79 Å². The topological polar surface area (TPSA) is 72.5 Å². The average molecular weight is 318 g/mol. The number of ether oxygens (including phenoxy) is 1. The highest BCUT2D eigenvalue weighted by Crippen LogP contribution is 2.24. The molecule has 3 heterocycles. The van der Waals surface area contributed by atoms with E-state index < -0.39 is 0 Å². The van der Waals surface area contributed by atoms with Gasteiger partial charge < -0.3 is 14.5 Å². The standard InChI is InChI=1S/C16H22N4O3/c1-22-12-16(21)17-6-4-13-9-19(11-15-3-2-8-23-15)10-14-5-7-18-20(13)14/h2-3,5,7-8,13H,4,6,9-12H2,1H3,(H,17,21)/t13-/m0/s1. The fourth-order valence-electron chi connectivity index (χ4n) is 2.98. The van der Waals surface area contributed by atoms with Gasteiger partial charge in [-0.3, -0.25) is 14.4 Å². The number of amides is 1. The minimum absolute atomic E-state index is 0.0866. The lowest BCUT2D eigenvalue weighted by Gasteiger charge is -2.33. The summed E-state index contributed by atoms with van der Waals surface area (Å²) in [5, 5.41) is 7.31. The van der Waals surface area contributed by atoms with Gasteiger partial charge in [-0.1, -0.05) is 0 Å². The van der Waals surface area contributed by atoms with Crippen LogP contribution in [0.5, 0.6) is 0 Å². The summed E-state index contributed by atoms with van der Waals surface area (Å²) in [4.78, 5) is 13.8. The molecule has 7 nitrogen and oxygen atoms in total. The summed E-state index contributed by atoms with van der Waals surface area (Å²) in [6, 6.07) is 6.19. The number of nitrogens with zero attached hydrogens (tertiary/aromatic N) is 3. The van der Waals surface area contributed by atoms with Gasteiger partial charge in [-0.2, -0.15) is 5.10 Å². The van der Waals surface area contributed by atoms with Gasteiger partial charge in [0.1, 0.15) is 12.4 Å². The van der Waals surface area contributed by atoms with Gasteiger partial charge in [-0.25, -0.2) is 0 Å². The Morgan fingerprint density at radius 1 is 1.52 bits per heavy atom. The second kappa shape index (κ2) is 7.43. The number of carbonyl (C=O) groups excluding carboxylic acids is 1. The maximum absolute atomic E-state index is 11.5. The molecule has 0 radical (unpaired) electrons. The third-order valence-electron chi connectivity index (χ3n) is 3.99. The van der Waals surface area contributed by atoms with Crippen molar-refractivity contribution in [2.75, 3.05) is 26.8 Å². The van der Waals surface area contributed by atoms with Crippen LogP contribution in [0, 0.1) is 0 Å². The van der Waals surface area contributed by atoms with Crippen molar-refractivity contribution in [1.29, 1.82) is 0 Å². The first-order valence-corrected chi connectivity index (χ1v) is 7.79. The van der Waals surface area contributed by atoms with E-state index in [2.05, 4.69) is 20.0 Å². The number of furan rings is 1. The zero-order valence-electron chi connectivity index (χ0n) is 13.3. The monoisotopic (exact) mass is 318 g/mol. The number of hydrogen-bond acceptors (Lipinski definition) is 5. The van der Waals surface area contributed by atoms with Crippen molar-refractivity contribution in [1.82, 2.24) is 20.0 Å². The van der Waals surface area contributed by atoms with Crippen LogP contribution in [-0.4, -0.2) is 47.4 Å². The van der Waals surface area contributed by atoms with Crippen molar-refractivity contribution >= 4 is 5.91 Å². The predicted molar refractivity (Wildman–Crippen MR) is 83.6 cm³/mol. The second-order valence-corrected chi connectivity index (χ2v) is 5.74. The normalized spacial score (nSPS) is 17.9. The van der Waals surface area contributed by atoms with Crippen LogP contribution >= 0.6 is 0 Å². The molecule has 7 heteroatoms. The summed E-state index contributed by atoms with van der Waals surface area (Å²) in [7, 11) is 1.52. The Morgan fingerprint density at radius 3 is 3.22 bits per heavy atom. The van der Waals surface area contributed by atoms with Gasteiger partial charge in [0.2, 0.25) is 5.91 Å². The molecule has 0 spiro atoms. The molecule has 2 aromatic heterocycles. The van der Waals surface area contributed by atoms with Crippen LogP contribution < -0.4 is 5.32 Å². The molecule has 0 bridgehead atoms. The van der Waals surface area contributed by atoms with Gasteiger partial charge in [0.25, 0.3) is 0 Å². The third-order valence-corrected chi connectivity index (χ3v) is 3.99. The molecule has 0 unspecified atom stereocenters. The average Bonchev–Trinajstić information content (AvgIpc) is 3.18. The first-order valence-electron chi connectivity index (χ1n) is 7.79. The van der Waals surface area contributed by atoms with Crippen LogP contribution in [0.3, 0.4) is 0 Å². The smallest absolute Gasteiger partial charge is 0.245 e. The molecule has 3 rings (SSSR count). The van der Waals surface area contributed by atoms with Crippen LogP contribution in [0.15, 0.2) is 35.1 Å². The lowest BCUT2D eigenvalue weighted by Crippen LogP contribution is -2.39. The Bertz CT molecular complexity index is 623. The number of aromatic nitrogens is 2. The van der Waals surface area contributed by atoms with E-state index in [0.29, 0.717) is 6.54 Å². The maximum Gasteiger partial charge on any atom is 0.245 e. The fourth-order valence-corrected chi connectivity index (χ4v) is 2.98. The number of fused-ring (bicyclic) bond motifs is 1. The number of methoxy groups -OCH3 is 1. The summed E-state index contributed by atoms with van der Waals surface area (Å²) in [6.07, 6.45) is 4.37. The third kappa shape index (κ3) is 4.00. The number of hydrogen-bond donors (Lipinski definition) is 1. The van der Waals surface area contributed by atoms with Crippen molar-refractivity contribution in [3.8, 4) is 0 Å². The summed E-state index contributed by atoms with van der Waals surface area (Å²) < 4.78 is 12.3. The van der Waals surface area contributed by atoms with Crippen LogP contribution in [0.2, 0.25) is 0 Å². The first kappa shape index (κ1) is 15.8. The van der Waals surface area contributed by atoms with Gasteiger partial charge in [0.15, 0.2) is 0 Å². The molecule has 2 aromatic rings. The largest absolute Gasteiger partial charge is 0.468 e. The van der Waals surface area contributed by atoms with Crippen LogP contribution in [0.25, 0.3) is 0 Å². The lowest BCUT2D eigenvalue weighted by molar-refractivity contribution is -0.124. The quantitative estimate of drug-likeness (QED) is 0.830. The van der Waals surface area contributed by atoms with Crippen molar-refractivity contribution in [3.05, 3.63) is 42.1 Å². The van der Waals surface area contributed by atoms with Gasteiger partial charge >= 0.3 is 0 Å². The first-order chi connectivity index (χ1) is 11.3. The van der Waals surface area contributed by atoms with Gasteiger partial charge in [0, 0.05) is 32.9 Å². The molecule has 1 aliphatic rings. The minimum atomic E-state index is -0.0866. The molecular weight excluding hydrogens is 296 g/mol. The number of carbonyl (C=O) groups is 1. The Labute approximate surface area is 135 Å². The minimum Gasteiger partial charge on any atom is -0.468 e. The zero-order valence-corrected chi connectivity index (χ0v) is 13.3. The molecule has 0 aromatic carbocycles. The molecule has 0 saturated carbocycles. The molecule has 1 atom stereocenters. The van der Waals surface area contributed by atoms with E-state index in [1.54, 1.807) is 6.26 Å². The fraction of sp³-hybridized carbons (Fsp3) is 0.500. The zero-order chi connectivity index (χ0) is 16.1. The highest BCUT2D eigenvalue weighted by Gasteiger charge is 2.25. The van der Waals surface area contributed by atoms with Crippen molar-refractivity contribution in [3.63, 3.8) is 0 Å². The maximum atomic E-state index is 11.5. The van der Waals surface area contributed by atoms with E-state index in [1.807, 2.05) is 24.4 Å². The summed E-state index contributed by atoms with van der Waals surface area (Å²) in [5.74, 6) is 0.876. The number of nitrogens with one attached hydrogen (secondary N) is 1. The Balaban J connectivity index is 1.59. The molecule has 0 saturated heterocycles. The Hall–Kier alpha value is -2.12. The van der Waals surface area contributed by atoms with E-state index >= 15 is 0 Å². The SMILES string of the molecule is COCC(=O)NCC[C@H]1CN(Cc2ccco2)Cc2ccnn21. The van der Waals surface area contributed by atoms with E-state index in [4.69, 9.17) is 9.15 Å². The summed E-state index contributed by atoms with van der Waals surface area (Å²) >= 11 is 0. The highest BCUT2D eigenvalue weighted by molar-refractivity contribution is 5.77.